The molecule has 0 saturated heterocycles. The second kappa shape index (κ2) is 6.33. The van der Waals surface area contributed by atoms with Crippen LogP contribution in [0.15, 0.2) is 24.3 Å². The number of halogens is 1. The van der Waals surface area contributed by atoms with Gasteiger partial charge in [0.05, 0.1) is 6.07 Å². The van der Waals surface area contributed by atoms with Crippen LogP contribution in [-0.4, -0.2) is 11.9 Å². The molecule has 0 aromatic heterocycles. The van der Waals surface area contributed by atoms with Crippen LogP contribution in [-0.2, 0) is 11.2 Å². The average Bonchev–Trinajstić information content (AvgIpc) is 2.40. The molecule has 19 heavy (non-hydrogen) atoms. The Hall–Kier alpha value is -1.89. The number of nitriles is 1. The van der Waals surface area contributed by atoms with Crippen molar-refractivity contribution in [3.05, 3.63) is 35.6 Å². The molecule has 0 fully saturated rings. The molecule has 1 aromatic rings. The third-order valence-corrected chi connectivity index (χ3v) is 3.29. The normalized spacial score (nSPS) is 15.1. The molecule has 0 spiro atoms. The van der Waals surface area contributed by atoms with Gasteiger partial charge in [0, 0.05) is 6.04 Å². The molecule has 1 amide bonds. The summed E-state index contributed by atoms with van der Waals surface area (Å²) < 4.78 is 12.8. The lowest BCUT2D eigenvalue weighted by molar-refractivity contribution is -0.128. The summed E-state index contributed by atoms with van der Waals surface area (Å²) in [6.45, 7) is 5.31. The van der Waals surface area contributed by atoms with Crippen molar-refractivity contribution < 1.29 is 9.18 Å². The zero-order chi connectivity index (χ0) is 14.5. The third kappa shape index (κ3) is 4.06. The zero-order valence-electron chi connectivity index (χ0n) is 11.5. The lowest BCUT2D eigenvalue weighted by Crippen LogP contribution is -2.43. The Balaban J connectivity index is 2.61. The van der Waals surface area contributed by atoms with E-state index in [-0.39, 0.29) is 17.8 Å². The summed E-state index contributed by atoms with van der Waals surface area (Å²) in [7, 11) is 0. The first-order chi connectivity index (χ1) is 8.91. The Morgan fingerprint density at radius 2 is 2.05 bits per heavy atom. The van der Waals surface area contributed by atoms with E-state index in [9.17, 15) is 9.18 Å². The predicted molar refractivity (Wildman–Crippen MR) is 71.7 cm³/mol. The van der Waals surface area contributed by atoms with Crippen LogP contribution in [0.5, 0.6) is 0 Å². The largest absolute Gasteiger partial charge is 0.352 e. The quantitative estimate of drug-likeness (QED) is 0.887. The number of hydrogen-bond acceptors (Lipinski definition) is 2. The van der Waals surface area contributed by atoms with Crippen LogP contribution >= 0.6 is 0 Å². The summed E-state index contributed by atoms with van der Waals surface area (Å²) in [5, 5.41) is 11.9. The van der Waals surface area contributed by atoms with Gasteiger partial charge in [-0.15, -0.1) is 0 Å². The standard InChI is InChI=1S/C15H19FN2O/c1-4-15(3,10-17)14(19)18-11(2)9-12-5-7-13(16)8-6-12/h5-8,11H,4,9H2,1-3H3,(H,18,19). The van der Waals surface area contributed by atoms with Gasteiger partial charge in [-0.05, 0) is 44.4 Å². The summed E-state index contributed by atoms with van der Waals surface area (Å²) in [4.78, 5) is 12.0. The number of carbonyl (C=O) groups is 1. The fourth-order valence-corrected chi connectivity index (χ4v) is 1.70. The predicted octanol–water partition coefficient (Wildman–Crippen LogP) is 2.81. The second-order valence-electron chi connectivity index (χ2n) is 5.00. The van der Waals surface area contributed by atoms with Crippen molar-refractivity contribution in [1.29, 1.82) is 5.26 Å². The van der Waals surface area contributed by atoms with E-state index in [1.165, 1.54) is 12.1 Å². The molecule has 1 aromatic carbocycles. The Morgan fingerprint density at radius 3 is 2.53 bits per heavy atom. The number of amides is 1. The topological polar surface area (TPSA) is 52.9 Å². The Labute approximate surface area is 113 Å². The number of hydrogen-bond donors (Lipinski definition) is 1. The minimum atomic E-state index is -0.989. The number of benzene rings is 1. The Kier molecular flexibility index (Phi) is 5.05. The van der Waals surface area contributed by atoms with Gasteiger partial charge < -0.3 is 5.32 Å². The first kappa shape index (κ1) is 15.2. The van der Waals surface area contributed by atoms with Gasteiger partial charge in [0.2, 0.25) is 5.91 Å². The molecule has 102 valence electrons. The molecule has 2 atom stereocenters. The highest BCUT2D eigenvalue weighted by Gasteiger charge is 2.31. The summed E-state index contributed by atoms with van der Waals surface area (Å²) in [5.41, 5.74) is -0.0406. The second-order valence-corrected chi connectivity index (χ2v) is 5.00. The monoisotopic (exact) mass is 262 g/mol. The fourth-order valence-electron chi connectivity index (χ4n) is 1.70. The van der Waals surface area contributed by atoms with Crippen LogP contribution in [0.1, 0.15) is 32.8 Å². The van der Waals surface area contributed by atoms with Crippen molar-refractivity contribution >= 4 is 5.91 Å². The first-order valence-electron chi connectivity index (χ1n) is 6.38. The summed E-state index contributed by atoms with van der Waals surface area (Å²) in [6.07, 6.45) is 1.08. The molecule has 0 aliphatic rings. The van der Waals surface area contributed by atoms with Gasteiger partial charge in [-0.1, -0.05) is 19.1 Å². The van der Waals surface area contributed by atoms with Crippen molar-refractivity contribution in [2.45, 2.75) is 39.7 Å². The molecule has 0 aliphatic carbocycles. The van der Waals surface area contributed by atoms with Gasteiger partial charge in [0.1, 0.15) is 11.2 Å². The first-order valence-corrected chi connectivity index (χ1v) is 6.38. The van der Waals surface area contributed by atoms with Gasteiger partial charge in [-0.3, -0.25) is 4.79 Å². The minimum Gasteiger partial charge on any atom is -0.352 e. The Morgan fingerprint density at radius 1 is 1.47 bits per heavy atom. The number of carbonyl (C=O) groups excluding carboxylic acids is 1. The van der Waals surface area contributed by atoms with Crippen molar-refractivity contribution in [2.75, 3.05) is 0 Å². The van der Waals surface area contributed by atoms with E-state index < -0.39 is 5.41 Å². The molecule has 4 heteroatoms. The average molecular weight is 262 g/mol. The van der Waals surface area contributed by atoms with E-state index in [0.29, 0.717) is 12.8 Å². The van der Waals surface area contributed by atoms with Crippen molar-refractivity contribution in [3.63, 3.8) is 0 Å². The molecule has 0 heterocycles. The summed E-state index contributed by atoms with van der Waals surface area (Å²) in [6, 6.07) is 8.13. The summed E-state index contributed by atoms with van der Waals surface area (Å²) in [5.74, 6) is -0.532. The van der Waals surface area contributed by atoms with Crippen LogP contribution in [0.25, 0.3) is 0 Å². The van der Waals surface area contributed by atoms with Gasteiger partial charge >= 0.3 is 0 Å². The summed E-state index contributed by atoms with van der Waals surface area (Å²) >= 11 is 0. The van der Waals surface area contributed by atoms with E-state index in [0.717, 1.165) is 5.56 Å². The maximum absolute atomic E-state index is 12.8. The van der Waals surface area contributed by atoms with Crippen LogP contribution in [0.4, 0.5) is 4.39 Å². The highest BCUT2D eigenvalue weighted by Crippen LogP contribution is 2.20. The molecule has 0 aliphatic heterocycles. The molecule has 0 saturated carbocycles. The smallest absolute Gasteiger partial charge is 0.240 e. The van der Waals surface area contributed by atoms with Crippen LogP contribution in [0, 0.1) is 22.6 Å². The van der Waals surface area contributed by atoms with Crippen molar-refractivity contribution in [2.24, 2.45) is 5.41 Å². The SMILES string of the molecule is CCC(C)(C#N)C(=O)NC(C)Cc1ccc(F)cc1. The van der Waals surface area contributed by atoms with Gasteiger partial charge in [0.25, 0.3) is 0 Å². The van der Waals surface area contributed by atoms with Gasteiger partial charge in [-0.2, -0.15) is 5.26 Å². The van der Waals surface area contributed by atoms with E-state index in [2.05, 4.69) is 5.32 Å². The highest BCUT2D eigenvalue weighted by molar-refractivity contribution is 5.85. The van der Waals surface area contributed by atoms with Gasteiger partial charge in [0.15, 0.2) is 0 Å². The van der Waals surface area contributed by atoms with E-state index >= 15 is 0 Å². The lowest BCUT2D eigenvalue weighted by Gasteiger charge is -2.22. The third-order valence-electron chi connectivity index (χ3n) is 3.29. The Bertz CT molecular complexity index is 478. The van der Waals surface area contributed by atoms with Crippen LogP contribution in [0.2, 0.25) is 0 Å². The number of nitrogens with zero attached hydrogens (tertiary/aromatic N) is 1. The molecule has 1 N–H and O–H groups in total. The number of rotatable bonds is 5. The molecule has 0 bridgehead atoms. The molecular weight excluding hydrogens is 243 g/mol. The zero-order valence-corrected chi connectivity index (χ0v) is 11.5. The van der Waals surface area contributed by atoms with Crippen molar-refractivity contribution in [1.82, 2.24) is 5.32 Å². The highest BCUT2D eigenvalue weighted by atomic mass is 19.1. The molecule has 3 nitrogen and oxygen atoms in total. The van der Waals surface area contributed by atoms with Crippen molar-refractivity contribution in [3.8, 4) is 6.07 Å². The maximum Gasteiger partial charge on any atom is 0.240 e. The number of nitrogens with one attached hydrogen (secondary N) is 1. The molecule has 1 rings (SSSR count). The van der Waals surface area contributed by atoms with E-state index in [4.69, 9.17) is 5.26 Å². The maximum atomic E-state index is 12.8. The van der Waals surface area contributed by atoms with Gasteiger partial charge in [-0.25, -0.2) is 4.39 Å². The van der Waals surface area contributed by atoms with E-state index in [1.54, 1.807) is 19.1 Å². The van der Waals surface area contributed by atoms with Crippen LogP contribution in [0.3, 0.4) is 0 Å². The molecule has 0 radical (unpaired) electrons. The van der Waals surface area contributed by atoms with E-state index in [1.807, 2.05) is 19.9 Å². The lowest BCUT2D eigenvalue weighted by atomic mass is 9.88. The van der Waals surface area contributed by atoms with Crippen LogP contribution < -0.4 is 5.32 Å². The molecule has 2 unspecified atom stereocenters. The fraction of sp³-hybridized carbons (Fsp3) is 0.467. The minimum absolute atomic E-state index is 0.0998. The molecular formula is C15H19FN2O.